The molecule has 0 atom stereocenters. The fourth-order valence-electron chi connectivity index (χ4n) is 5.18. The summed E-state index contributed by atoms with van der Waals surface area (Å²) >= 11 is 0. The lowest BCUT2D eigenvalue weighted by molar-refractivity contribution is -0.357. The van der Waals surface area contributed by atoms with E-state index in [9.17, 15) is 31.1 Å². The summed E-state index contributed by atoms with van der Waals surface area (Å²) < 4.78 is 80.4. The molecule has 4 bridgehead atoms. The molecule has 4 rings (SSSR count). The number of hydrogen-bond donors (Lipinski definition) is 1. The van der Waals surface area contributed by atoms with Crippen molar-refractivity contribution in [3.8, 4) is 0 Å². The number of rotatable bonds is 3. The zero-order valence-electron chi connectivity index (χ0n) is 12.7. The van der Waals surface area contributed by atoms with Crippen molar-refractivity contribution in [2.75, 3.05) is 6.61 Å². The molecule has 4 fully saturated rings. The molecule has 0 aliphatic heterocycles. The van der Waals surface area contributed by atoms with E-state index in [2.05, 4.69) is 4.74 Å². The Labute approximate surface area is 134 Å². The van der Waals surface area contributed by atoms with E-state index in [4.69, 9.17) is 5.11 Å². The lowest BCUT2D eigenvalue weighted by atomic mass is 9.50. The second-order valence-electron chi connectivity index (χ2n) is 7.70. The van der Waals surface area contributed by atoms with Crippen LogP contribution in [0.5, 0.6) is 0 Å². The third-order valence-corrected chi connectivity index (χ3v) is 5.79. The molecule has 3 nitrogen and oxygen atoms in total. The zero-order valence-corrected chi connectivity index (χ0v) is 12.7. The van der Waals surface area contributed by atoms with Crippen molar-refractivity contribution in [3.63, 3.8) is 0 Å². The van der Waals surface area contributed by atoms with Crippen LogP contribution in [-0.4, -0.2) is 35.6 Å². The van der Waals surface area contributed by atoms with Crippen LogP contribution in [-0.2, 0) is 9.53 Å². The van der Waals surface area contributed by atoms with Crippen LogP contribution in [0.2, 0.25) is 0 Å². The van der Waals surface area contributed by atoms with Gasteiger partial charge in [-0.25, -0.2) is 4.79 Å². The molecule has 4 saturated carbocycles. The molecule has 138 valence electrons. The number of esters is 1. The Bertz CT molecular complexity index is 475. The van der Waals surface area contributed by atoms with Gasteiger partial charge in [-0.05, 0) is 56.3 Å². The van der Waals surface area contributed by atoms with Gasteiger partial charge in [-0.15, -0.1) is 0 Å². The lowest BCUT2D eigenvalue weighted by Crippen LogP contribution is -2.63. The number of hydrogen-bond acceptors (Lipinski definition) is 3. The third-order valence-electron chi connectivity index (χ3n) is 5.79. The highest BCUT2D eigenvalue weighted by molar-refractivity contribution is 5.81. The molecule has 4 aliphatic carbocycles. The molecule has 0 aromatic heterocycles. The number of halogens is 6. The summed E-state index contributed by atoms with van der Waals surface area (Å²) in [6.45, 7) is -0.496. The van der Waals surface area contributed by atoms with Crippen LogP contribution in [0.1, 0.15) is 38.5 Å². The average Bonchev–Trinajstić information content (AvgIpc) is 2.40. The molecular formula is C15H18F6O3. The Morgan fingerprint density at radius 3 is 1.62 bits per heavy atom. The SMILES string of the molecule is O=C(OCC12CC3CC(CC(C3)C1)C2)C(O)(C(F)(F)F)C(F)(F)F. The van der Waals surface area contributed by atoms with Gasteiger partial charge in [-0.2, -0.15) is 26.3 Å². The van der Waals surface area contributed by atoms with Gasteiger partial charge in [0.25, 0.3) is 0 Å². The van der Waals surface area contributed by atoms with Crippen molar-refractivity contribution >= 4 is 5.97 Å². The van der Waals surface area contributed by atoms with E-state index in [0.29, 0.717) is 37.0 Å². The van der Waals surface area contributed by atoms with E-state index in [1.165, 1.54) is 0 Å². The molecule has 0 aromatic rings. The molecule has 0 amide bonds. The molecular weight excluding hydrogens is 342 g/mol. The maximum absolute atomic E-state index is 12.7. The highest BCUT2D eigenvalue weighted by Gasteiger charge is 2.76. The zero-order chi connectivity index (χ0) is 18.0. The summed E-state index contributed by atoms with van der Waals surface area (Å²) in [5, 5.41) is 9.04. The van der Waals surface area contributed by atoms with Gasteiger partial charge in [0.1, 0.15) is 0 Å². The van der Waals surface area contributed by atoms with Crippen LogP contribution in [0.15, 0.2) is 0 Å². The monoisotopic (exact) mass is 360 g/mol. The maximum Gasteiger partial charge on any atom is 0.437 e. The van der Waals surface area contributed by atoms with Crippen LogP contribution in [0, 0.1) is 23.2 Å². The van der Waals surface area contributed by atoms with Gasteiger partial charge < -0.3 is 9.84 Å². The largest absolute Gasteiger partial charge is 0.462 e. The molecule has 24 heavy (non-hydrogen) atoms. The van der Waals surface area contributed by atoms with Crippen molar-refractivity contribution in [2.45, 2.75) is 56.5 Å². The van der Waals surface area contributed by atoms with Crippen molar-refractivity contribution in [3.05, 3.63) is 0 Å². The van der Waals surface area contributed by atoms with E-state index >= 15 is 0 Å². The summed E-state index contributed by atoms with van der Waals surface area (Å²) in [5.74, 6) is -1.48. The molecule has 0 spiro atoms. The fraction of sp³-hybridized carbons (Fsp3) is 0.933. The average molecular weight is 360 g/mol. The van der Waals surface area contributed by atoms with Crippen LogP contribution < -0.4 is 0 Å². The number of aliphatic hydroxyl groups is 1. The van der Waals surface area contributed by atoms with Gasteiger partial charge in [0.05, 0.1) is 6.61 Å². The number of carbonyl (C=O) groups excluding carboxylic acids is 1. The number of ether oxygens (including phenoxy) is 1. The normalized spacial score (nSPS) is 36.0. The van der Waals surface area contributed by atoms with Gasteiger partial charge >= 0.3 is 23.9 Å². The van der Waals surface area contributed by atoms with Gasteiger partial charge in [-0.3, -0.25) is 0 Å². The van der Waals surface area contributed by atoms with Gasteiger partial charge in [0.15, 0.2) is 0 Å². The summed E-state index contributed by atoms with van der Waals surface area (Å²) in [6.07, 6.45) is -7.32. The van der Waals surface area contributed by atoms with Crippen LogP contribution in [0.4, 0.5) is 26.3 Å². The Morgan fingerprint density at radius 1 is 0.917 bits per heavy atom. The van der Waals surface area contributed by atoms with Crippen LogP contribution in [0.3, 0.4) is 0 Å². The van der Waals surface area contributed by atoms with Gasteiger partial charge in [0, 0.05) is 5.41 Å². The highest BCUT2D eigenvalue weighted by Crippen LogP contribution is 2.60. The van der Waals surface area contributed by atoms with E-state index in [0.717, 1.165) is 19.3 Å². The summed E-state index contributed by atoms with van der Waals surface area (Å²) in [5.41, 5.74) is -6.02. The number of carbonyl (C=O) groups is 1. The van der Waals surface area contributed by atoms with E-state index in [1.54, 1.807) is 0 Å². The van der Waals surface area contributed by atoms with Gasteiger partial charge in [0.2, 0.25) is 0 Å². The molecule has 9 heteroatoms. The lowest BCUT2D eigenvalue weighted by Gasteiger charge is -2.56. The highest BCUT2D eigenvalue weighted by atomic mass is 19.4. The van der Waals surface area contributed by atoms with Crippen molar-refractivity contribution in [2.24, 2.45) is 23.2 Å². The standard InChI is InChI=1S/C15H18F6O3/c16-14(17,18)13(23,15(19,20)21)11(22)24-7-12-4-8-1-9(5-12)3-10(2-8)6-12/h8-10,23H,1-7H2. The van der Waals surface area contributed by atoms with Crippen molar-refractivity contribution < 1.29 is 41.0 Å². The minimum absolute atomic E-state index is 0.402. The summed E-state index contributed by atoms with van der Waals surface area (Å²) in [7, 11) is 0. The molecule has 0 saturated heterocycles. The minimum Gasteiger partial charge on any atom is -0.462 e. The van der Waals surface area contributed by atoms with E-state index in [1.807, 2.05) is 0 Å². The topological polar surface area (TPSA) is 46.5 Å². The maximum atomic E-state index is 12.7. The predicted molar refractivity (Wildman–Crippen MR) is 68.6 cm³/mol. The summed E-state index contributed by atoms with van der Waals surface area (Å²) in [4.78, 5) is 11.5. The Morgan fingerprint density at radius 2 is 1.29 bits per heavy atom. The molecule has 0 unspecified atom stereocenters. The van der Waals surface area contributed by atoms with Crippen LogP contribution in [0.25, 0.3) is 0 Å². The first-order valence-electron chi connectivity index (χ1n) is 7.89. The molecule has 1 N–H and O–H groups in total. The molecule has 0 radical (unpaired) electrons. The van der Waals surface area contributed by atoms with E-state index in [-0.39, 0.29) is 0 Å². The van der Waals surface area contributed by atoms with Crippen molar-refractivity contribution in [1.82, 2.24) is 0 Å². The van der Waals surface area contributed by atoms with Crippen LogP contribution >= 0.6 is 0 Å². The first-order valence-corrected chi connectivity index (χ1v) is 7.89. The first kappa shape index (κ1) is 17.8. The molecule has 0 aromatic carbocycles. The Balaban J connectivity index is 1.73. The minimum atomic E-state index is -6.19. The molecule has 0 heterocycles. The van der Waals surface area contributed by atoms with Gasteiger partial charge in [-0.1, -0.05) is 0 Å². The number of alkyl halides is 6. The third kappa shape index (κ3) is 2.68. The fourth-order valence-corrected chi connectivity index (χ4v) is 5.18. The van der Waals surface area contributed by atoms with Crippen molar-refractivity contribution in [1.29, 1.82) is 0 Å². The smallest absolute Gasteiger partial charge is 0.437 e. The second kappa shape index (κ2) is 5.25. The predicted octanol–water partition coefficient (Wildman–Crippen LogP) is 3.60. The molecule has 4 aliphatic rings. The Kier molecular flexibility index (Phi) is 3.90. The first-order chi connectivity index (χ1) is 10.9. The second-order valence-corrected chi connectivity index (χ2v) is 7.70. The van der Waals surface area contributed by atoms with E-state index < -0.39 is 35.9 Å². The quantitative estimate of drug-likeness (QED) is 0.618. The summed E-state index contributed by atoms with van der Waals surface area (Å²) in [6, 6.07) is 0. The Hall–Kier alpha value is -0.990.